The van der Waals surface area contributed by atoms with E-state index in [0.29, 0.717) is 17.8 Å². The molecule has 0 aromatic heterocycles. The summed E-state index contributed by atoms with van der Waals surface area (Å²) >= 11 is 1.77. The fourth-order valence-corrected chi connectivity index (χ4v) is 2.54. The van der Waals surface area contributed by atoms with Gasteiger partial charge in [0.2, 0.25) is 0 Å². The normalized spacial score (nSPS) is 16.4. The summed E-state index contributed by atoms with van der Waals surface area (Å²) in [5.74, 6) is -0.543. The van der Waals surface area contributed by atoms with Gasteiger partial charge in [-0.1, -0.05) is 0 Å². The molecule has 1 fully saturated rings. The minimum absolute atomic E-state index is 0.199. The van der Waals surface area contributed by atoms with Crippen LogP contribution in [-0.2, 0) is 0 Å². The van der Waals surface area contributed by atoms with Crippen LogP contribution in [0.5, 0.6) is 0 Å². The molecule has 1 saturated carbocycles. The molecule has 0 radical (unpaired) electrons. The van der Waals surface area contributed by atoms with Gasteiger partial charge in [-0.25, -0.2) is 4.39 Å². The Hall–Kier alpha value is -1.30. The largest absolute Gasteiger partial charge is 0.378 e. The van der Waals surface area contributed by atoms with E-state index < -0.39 is 10.7 Å². The number of thioether (sulfide) groups is 1. The smallest absolute Gasteiger partial charge is 0.295 e. The van der Waals surface area contributed by atoms with E-state index in [4.69, 9.17) is 0 Å². The summed E-state index contributed by atoms with van der Waals surface area (Å²) in [5.41, 5.74) is 0.617. The van der Waals surface area contributed by atoms with Crippen LogP contribution in [0.4, 0.5) is 15.8 Å². The Labute approximate surface area is 109 Å². The molecular weight excluding hydrogens is 255 g/mol. The molecule has 0 aliphatic heterocycles. The van der Waals surface area contributed by atoms with Crippen molar-refractivity contribution in [3.8, 4) is 0 Å². The average Bonchev–Trinajstić information content (AvgIpc) is 3.10. The Bertz CT molecular complexity index is 489. The zero-order valence-electron chi connectivity index (χ0n) is 10.3. The molecule has 2 rings (SSSR count). The second kappa shape index (κ2) is 4.76. The lowest BCUT2D eigenvalue weighted by atomic mass is 10.1. The van der Waals surface area contributed by atoms with Crippen molar-refractivity contribution in [3.05, 3.63) is 33.6 Å². The molecule has 0 atom stereocenters. The zero-order valence-corrected chi connectivity index (χ0v) is 11.1. The van der Waals surface area contributed by atoms with Crippen molar-refractivity contribution < 1.29 is 9.31 Å². The second-order valence-electron chi connectivity index (χ2n) is 4.62. The van der Waals surface area contributed by atoms with Gasteiger partial charge in [0.25, 0.3) is 5.69 Å². The minimum Gasteiger partial charge on any atom is -0.378 e. The van der Waals surface area contributed by atoms with Crippen LogP contribution in [-0.4, -0.2) is 22.5 Å². The third kappa shape index (κ3) is 2.58. The molecule has 1 N–H and O–H groups in total. The minimum atomic E-state index is -0.552. The SMILES string of the molecule is CSC1(CNc2cc(C)c(F)cc2[N+](=O)[O-])CC1. The number of anilines is 1. The molecular formula is C12H15FN2O2S. The molecule has 0 unspecified atom stereocenters. The Morgan fingerprint density at radius 2 is 2.22 bits per heavy atom. The van der Waals surface area contributed by atoms with Gasteiger partial charge in [-0.15, -0.1) is 0 Å². The van der Waals surface area contributed by atoms with Gasteiger partial charge in [0.05, 0.1) is 11.0 Å². The van der Waals surface area contributed by atoms with Gasteiger partial charge in [-0.2, -0.15) is 11.8 Å². The first kappa shape index (κ1) is 13.1. The van der Waals surface area contributed by atoms with Crippen molar-refractivity contribution in [1.82, 2.24) is 0 Å². The van der Waals surface area contributed by atoms with Gasteiger partial charge in [0.1, 0.15) is 11.5 Å². The molecule has 4 nitrogen and oxygen atoms in total. The monoisotopic (exact) mass is 270 g/mol. The van der Waals surface area contributed by atoms with Crippen molar-refractivity contribution in [2.45, 2.75) is 24.5 Å². The topological polar surface area (TPSA) is 55.2 Å². The third-order valence-corrected chi connectivity index (χ3v) is 4.73. The van der Waals surface area contributed by atoms with Gasteiger partial charge >= 0.3 is 0 Å². The lowest BCUT2D eigenvalue weighted by Gasteiger charge is -2.14. The molecule has 98 valence electrons. The fraction of sp³-hybridized carbons (Fsp3) is 0.500. The number of nitro groups is 1. The van der Waals surface area contributed by atoms with E-state index in [1.165, 1.54) is 6.07 Å². The zero-order chi connectivity index (χ0) is 13.3. The van der Waals surface area contributed by atoms with E-state index in [9.17, 15) is 14.5 Å². The van der Waals surface area contributed by atoms with E-state index in [2.05, 4.69) is 5.32 Å². The van der Waals surface area contributed by atoms with Crippen molar-refractivity contribution in [2.75, 3.05) is 18.1 Å². The van der Waals surface area contributed by atoms with Gasteiger partial charge in [-0.3, -0.25) is 10.1 Å². The molecule has 1 aliphatic rings. The maximum atomic E-state index is 13.3. The summed E-state index contributed by atoms with van der Waals surface area (Å²) in [4.78, 5) is 10.3. The summed E-state index contributed by atoms with van der Waals surface area (Å²) in [6.07, 6.45) is 4.28. The van der Waals surface area contributed by atoms with Crippen LogP contribution in [0.15, 0.2) is 12.1 Å². The number of benzene rings is 1. The standard InChI is InChI=1S/C12H15FN2O2S/c1-8-5-10(11(15(16)17)6-9(8)13)14-7-12(18-2)3-4-12/h5-6,14H,3-4,7H2,1-2H3. The van der Waals surface area contributed by atoms with E-state index >= 15 is 0 Å². The van der Waals surface area contributed by atoms with Gasteiger partial charge < -0.3 is 5.32 Å². The predicted molar refractivity (Wildman–Crippen MR) is 71.8 cm³/mol. The van der Waals surface area contributed by atoms with Crippen LogP contribution in [0.1, 0.15) is 18.4 Å². The number of nitrogens with zero attached hydrogens (tertiary/aromatic N) is 1. The summed E-state index contributed by atoms with van der Waals surface area (Å²) in [6.45, 7) is 2.28. The summed E-state index contributed by atoms with van der Waals surface area (Å²) in [7, 11) is 0. The van der Waals surface area contributed by atoms with Crippen LogP contribution >= 0.6 is 11.8 Å². The van der Waals surface area contributed by atoms with E-state index in [1.807, 2.05) is 6.26 Å². The van der Waals surface area contributed by atoms with Crippen LogP contribution in [0, 0.1) is 22.9 Å². The van der Waals surface area contributed by atoms with E-state index in [0.717, 1.165) is 18.9 Å². The fourth-order valence-electron chi connectivity index (χ4n) is 1.81. The third-order valence-electron chi connectivity index (χ3n) is 3.32. The molecule has 1 aliphatic carbocycles. The molecule has 18 heavy (non-hydrogen) atoms. The van der Waals surface area contributed by atoms with Crippen molar-refractivity contribution >= 4 is 23.1 Å². The first-order chi connectivity index (χ1) is 8.47. The summed E-state index contributed by atoms with van der Waals surface area (Å²) < 4.78 is 13.5. The van der Waals surface area contributed by atoms with Crippen LogP contribution < -0.4 is 5.32 Å². The Morgan fingerprint density at radius 3 is 2.72 bits per heavy atom. The van der Waals surface area contributed by atoms with Gasteiger partial charge in [-0.05, 0) is 37.7 Å². The van der Waals surface area contributed by atoms with E-state index in [1.54, 1.807) is 18.7 Å². The molecule has 6 heteroatoms. The lowest BCUT2D eigenvalue weighted by Crippen LogP contribution is -2.18. The second-order valence-corrected chi connectivity index (χ2v) is 5.89. The highest BCUT2D eigenvalue weighted by Crippen LogP contribution is 2.47. The highest BCUT2D eigenvalue weighted by molar-refractivity contribution is 8.00. The lowest BCUT2D eigenvalue weighted by molar-refractivity contribution is -0.384. The number of halogens is 1. The highest BCUT2D eigenvalue weighted by Gasteiger charge is 2.41. The van der Waals surface area contributed by atoms with Crippen molar-refractivity contribution in [1.29, 1.82) is 0 Å². The maximum absolute atomic E-state index is 13.3. The first-order valence-electron chi connectivity index (χ1n) is 5.71. The molecule has 1 aromatic carbocycles. The molecule has 0 amide bonds. The Kier molecular flexibility index (Phi) is 3.47. The summed E-state index contributed by atoms with van der Waals surface area (Å²) in [5, 5.41) is 14.0. The van der Waals surface area contributed by atoms with Crippen LogP contribution in [0.2, 0.25) is 0 Å². The molecule has 1 aromatic rings. The highest BCUT2D eigenvalue weighted by atomic mass is 32.2. The van der Waals surface area contributed by atoms with Crippen molar-refractivity contribution in [2.24, 2.45) is 0 Å². The number of nitrogens with one attached hydrogen (secondary N) is 1. The van der Waals surface area contributed by atoms with Crippen molar-refractivity contribution in [3.63, 3.8) is 0 Å². The molecule has 0 saturated heterocycles. The first-order valence-corrected chi connectivity index (χ1v) is 6.93. The number of aryl methyl sites for hydroxylation is 1. The molecule has 0 spiro atoms. The average molecular weight is 270 g/mol. The van der Waals surface area contributed by atoms with Gasteiger partial charge in [0.15, 0.2) is 0 Å². The molecule has 0 bridgehead atoms. The van der Waals surface area contributed by atoms with Crippen LogP contribution in [0.3, 0.4) is 0 Å². The van der Waals surface area contributed by atoms with Crippen LogP contribution in [0.25, 0.3) is 0 Å². The predicted octanol–water partition coefficient (Wildman–Crippen LogP) is 3.35. The van der Waals surface area contributed by atoms with E-state index in [-0.39, 0.29) is 10.4 Å². The summed E-state index contributed by atoms with van der Waals surface area (Å²) in [6, 6.07) is 2.49. The number of rotatable bonds is 5. The number of hydrogen-bond donors (Lipinski definition) is 1. The number of nitro benzene ring substituents is 1. The maximum Gasteiger partial charge on any atom is 0.295 e. The Balaban J connectivity index is 2.20. The molecule has 0 heterocycles. The number of hydrogen-bond acceptors (Lipinski definition) is 4. The quantitative estimate of drug-likeness (QED) is 0.658. The van der Waals surface area contributed by atoms with Gasteiger partial charge in [0, 0.05) is 11.3 Å². The Morgan fingerprint density at radius 1 is 1.56 bits per heavy atom.